The second-order valence-electron chi connectivity index (χ2n) is 8.61. The Kier molecular flexibility index (Phi) is 7.10. The number of rotatable bonds is 7. The molecule has 35 heavy (non-hydrogen) atoms. The number of ether oxygens (including phenoxy) is 1. The lowest BCUT2D eigenvalue weighted by Gasteiger charge is -2.33. The molecule has 188 valence electrons. The number of carboxylic acid groups (broad SMARTS) is 1. The third kappa shape index (κ3) is 5.64. The molecule has 9 nitrogen and oxygen atoms in total. The summed E-state index contributed by atoms with van der Waals surface area (Å²) < 4.78 is 46.1. The molecule has 12 heteroatoms. The van der Waals surface area contributed by atoms with E-state index >= 15 is 0 Å². The van der Waals surface area contributed by atoms with Crippen molar-refractivity contribution in [1.29, 1.82) is 0 Å². The number of aromatic nitrogens is 2. The molecule has 0 unspecified atom stereocenters. The van der Waals surface area contributed by atoms with Gasteiger partial charge in [0.2, 0.25) is 0 Å². The maximum atomic E-state index is 13.4. The smallest absolute Gasteiger partial charge is 0.431 e. The maximum absolute atomic E-state index is 13.4. The van der Waals surface area contributed by atoms with E-state index in [9.17, 15) is 28.2 Å². The number of hydrogen-bond donors (Lipinski definition) is 2. The van der Waals surface area contributed by atoms with Crippen molar-refractivity contribution in [3.05, 3.63) is 42.4 Å². The van der Waals surface area contributed by atoms with E-state index in [0.717, 1.165) is 17.9 Å². The number of carbonyl (C=O) groups is 1. The van der Waals surface area contributed by atoms with E-state index in [1.54, 1.807) is 30.5 Å². The normalized spacial score (nSPS) is 21.2. The Morgan fingerprint density at radius 1 is 1.17 bits per heavy atom. The summed E-state index contributed by atoms with van der Waals surface area (Å²) in [4.78, 5) is 21.8. The Bertz CT molecular complexity index is 1070. The van der Waals surface area contributed by atoms with Gasteiger partial charge >= 0.3 is 12.1 Å². The van der Waals surface area contributed by atoms with Gasteiger partial charge in [0.25, 0.3) is 0 Å². The van der Waals surface area contributed by atoms with Gasteiger partial charge < -0.3 is 19.8 Å². The Morgan fingerprint density at radius 3 is 2.46 bits per heavy atom. The zero-order valence-corrected chi connectivity index (χ0v) is 19.0. The van der Waals surface area contributed by atoms with Crippen LogP contribution in [0.4, 0.5) is 24.7 Å². The molecule has 1 aromatic heterocycles. The van der Waals surface area contributed by atoms with Crippen LogP contribution >= 0.6 is 0 Å². The standard InChI is InChI=1S/C23H26F3N5O4/c1-14-19(10-21(33)34)31(29-22(14)23(24,25)26)16-2-4-17(5-3-16)35-18-6-8-30(9-7-18)20-12-27-11-15(13-32)28-20/h2-5,11-12,14,18-19,32H,6-10,13H2,1H3,(H,33,34)/t14-,19-/m0/s1. The minimum Gasteiger partial charge on any atom is -0.490 e. The molecule has 0 radical (unpaired) electrons. The molecule has 0 spiro atoms. The molecule has 1 aromatic carbocycles. The molecule has 1 fully saturated rings. The summed E-state index contributed by atoms with van der Waals surface area (Å²) >= 11 is 0. The van der Waals surface area contributed by atoms with Crippen LogP contribution in [0.3, 0.4) is 0 Å². The van der Waals surface area contributed by atoms with Gasteiger partial charge in [-0.1, -0.05) is 6.92 Å². The van der Waals surface area contributed by atoms with E-state index < -0.39 is 36.2 Å². The molecule has 3 heterocycles. The molecule has 0 amide bonds. The van der Waals surface area contributed by atoms with Crippen LogP contribution < -0.4 is 14.6 Å². The Labute approximate surface area is 199 Å². The van der Waals surface area contributed by atoms with Crippen LogP contribution in [0.1, 0.15) is 31.9 Å². The third-order valence-corrected chi connectivity index (χ3v) is 6.22. The second-order valence-corrected chi connectivity index (χ2v) is 8.61. The van der Waals surface area contributed by atoms with Crippen LogP contribution in [0, 0.1) is 5.92 Å². The van der Waals surface area contributed by atoms with Gasteiger partial charge in [0.15, 0.2) is 0 Å². The van der Waals surface area contributed by atoms with Crippen molar-refractivity contribution in [3.8, 4) is 5.75 Å². The van der Waals surface area contributed by atoms with E-state index in [2.05, 4.69) is 20.0 Å². The van der Waals surface area contributed by atoms with Crippen LogP contribution in [0.2, 0.25) is 0 Å². The van der Waals surface area contributed by atoms with Gasteiger partial charge in [-0.15, -0.1) is 0 Å². The van der Waals surface area contributed by atoms with Crippen molar-refractivity contribution in [2.45, 2.75) is 51.1 Å². The molecule has 0 aliphatic carbocycles. The number of benzene rings is 1. The van der Waals surface area contributed by atoms with E-state index in [1.807, 2.05) is 0 Å². The first-order valence-electron chi connectivity index (χ1n) is 11.3. The minimum atomic E-state index is -4.63. The lowest BCUT2D eigenvalue weighted by molar-refractivity contribution is -0.137. The van der Waals surface area contributed by atoms with Crippen molar-refractivity contribution in [2.24, 2.45) is 11.0 Å². The Morgan fingerprint density at radius 2 is 1.86 bits per heavy atom. The summed E-state index contributed by atoms with van der Waals surface area (Å²) in [7, 11) is 0. The molecule has 2 aliphatic rings. The van der Waals surface area contributed by atoms with Crippen LogP contribution in [0.5, 0.6) is 5.75 Å². The van der Waals surface area contributed by atoms with Crippen molar-refractivity contribution in [2.75, 3.05) is 23.0 Å². The first kappa shape index (κ1) is 24.7. The molecule has 2 aliphatic heterocycles. The summed E-state index contributed by atoms with van der Waals surface area (Å²) in [5, 5.41) is 23.3. The van der Waals surface area contributed by atoms with Crippen LogP contribution in [0.25, 0.3) is 0 Å². The largest absolute Gasteiger partial charge is 0.490 e. The number of piperidine rings is 1. The third-order valence-electron chi connectivity index (χ3n) is 6.22. The predicted molar refractivity (Wildman–Crippen MR) is 121 cm³/mol. The fraction of sp³-hybridized carbons (Fsp3) is 0.478. The van der Waals surface area contributed by atoms with Gasteiger partial charge in [-0.2, -0.15) is 18.3 Å². The first-order chi connectivity index (χ1) is 16.7. The lowest BCUT2D eigenvalue weighted by atomic mass is 9.94. The van der Waals surface area contributed by atoms with Crippen molar-refractivity contribution >= 4 is 23.2 Å². The number of halogens is 3. The highest BCUT2D eigenvalue weighted by molar-refractivity contribution is 5.95. The number of aliphatic carboxylic acids is 1. The summed E-state index contributed by atoms with van der Waals surface area (Å²) in [6, 6.07) is 5.55. The summed E-state index contributed by atoms with van der Waals surface area (Å²) in [6.45, 7) is 2.57. The van der Waals surface area contributed by atoms with E-state index in [0.29, 0.717) is 36.0 Å². The maximum Gasteiger partial charge on any atom is 0.431 e. The van der Waals surface area contributed by atoms with E-state index in [-0.39, 0.29) is 12.7 Å². The molecule has 2 N–H and O–H groups in total. The molecule has 4 rings (SSSR count). The van der Waals surface area contributed by atoms with Crippen LogP contribution in [-0.4, -0.2) is 63.3 Å². The number of hydrazone groups is 1. The first-order valence-corrected chi connectivity index (χ1v) is 11.3. The Hall–Kier alpha value is -3.41. The number of nitrogens with zero attached hydrogens (tertiary/aromatic N) is 5. The van der Waals surface area contributed by atoms with Gasteiger partial charge in [-0.3, -0.25) is 14.8 Å². The summed E-state index contributed by atoms with van der Waals surface area (Å²) in [5.74, 6) is -0.994. The number of anilines is 2. The zero-order chi connectivity index (χ0) is 25.2. The topological polar surface area (TPSA) is 111 Å². The fourth-order valence-electron chi connectivity index (χ4n) is 4.38. The molecule has 0 saturated carbocycles. The highest BCUT2D eigenvalue weighted by Crippen LogP contribution is 2.37. The Balaban J connectivity index is 1.40. The highest BCUT2D eigenvalue weighted by Gasteiger charge is 2.48. The molecule has 0 bridgehead atoms. The lowest BCUT2D eigenvalue weighted by Crippen LogP contribution is -2.38. The number of alkyl halides is 3. The molecular formula is C23H26F3N5O4. The zero-order valence-electron chi connectivity index (χ0n) is 19.0. The fourth-order valence-corrected chi connectivity index (χ4v) is 4.38. The number of aliphatic hydroxyl groups excluding tert-OH is 1. The number of aliphatic hydroxyl groups is 1. The molecule has 2 aromatic rings. The van der Waals surface area contributed by atoms with Crippen molar-refractivity contribution < 1.29 is 32.9 Å². The number of carboxylic acids is 1. The van der Waals surface area contributed by atoms with E-state index in [4.69, 9.17) is 4.74 Å². The van der Waals surface area contributed by atoms with Crippen molar-refractivity contribution in [3.63, 3.8) is 0 Å². The second kappa shape index (κ2) is 10.1. The minimum absolute atomic E-state index is 0.0486. The average molecular weight is 493 g/mol. The summed E-state index contributed by atoms with van der Waals surface area (Å²) in [5.41, 5.74) is -0.109. The van der Waals surface area contributed by atoms with Gasteiger partial charge in [0, 0.05) is 31.8 Å². The molecule has 1 saturated heterocycles. The van der Waals surface area contributed by atoms with Crippen molar-refractivity contribution in [1.82, 2.24) is 9.97 Å². The average Bonchev–Trinajstić information content (AvgIpc) is 3.16. The monoisotopic (exact) mass is 493 g/mol. The van der Waals surface area contributed by atoms with Crippen LogP contribution in [-0.2, 0) is 11.4 Å². The molecular weight excluding hydrogens is 467 g/mol. The van der Waals surface area contributed by atoms with E-state index in [1.165, 1.54) is 13.1 Å². The SMILES string of the molecule is C[C@@H]1C(C(F)(F)F)=NN(c2ccc(OC3CCN(c4cncc(CO)n4)CC3)cc2)[C@H]1CC(=O)O. The van der Waals surface area contributed by atoms with Crippen LogP contribution in [0.15, 0.2) is 41.8 Å². The predicted octanol–water partition coefficient (Wildman–Crippen LogP) is 3.23. The van der Waals surface area contributed by atoms with Gasteiger partial charge in [0.1, 0.15) is 23.4 Å². The van der Waals surface area contributed by atoms with Gasteiger partial charge in [-0.05, 0) is 24.3 Å². The highest BCUT2D eigenvalue weighted by atomic mass is 19.4. The molecule has 2 atom stereocenters. The van der Waals surface area contributed by atoms with Gasteiger partial charge in [-0.25, -0.2) is 4.98 Å². The quantitative estimate of drug-likeness (QED) is 0.605. The van der Waals surface area contributed by atoms with Gasteiger partial charge in [0.05, 0.1) is 42.8 Å². The summed E-state index contributed by atoms with van der Waals surface area (Å²) in [6.07, 6.45) is -0.506. The number of hydrogen-bond acceptors (Lipinski definition) is 8.